The number of amides is 1. The molecule has 10 heteroatoms. The summed E-state index contributed by atoms with van der Waals surface area (Å²) in [6, 6.07) is 14.1. The summed E-state index contributed by atoms with van der Waals surface area (Å²) in [5.41, 5.74) is 1.53. The number of hydrogen-bond donors (Lipinski definition) is 0. The Morgan fingerprint density at radius 3 is 2.35 bits per heavy atom. The van der Waals surface area contributed by atoms with Crippen molar-refractivity contribution in [3.63, 3.8) is 0 Å². The number of para-hydroxylation sites is 1. The van der Waals surface area contributed by atoms with Gasteiger partial charge < -0.3 is 4.90 Å². The predicted molar refractivity (Wildman–Crippen MR) is 114 cm³/mol. The fourth-order valence-corrected chi connectivity index (χ4v) is 5.36. The number of sulfonamides is 1. The first-order valence-corrected chi connectivity index (χ1v) is 11.5. The van der Waals surface area contributed by atoms with Crippen molar-refractivity contribution in [1.82, 2.24) is 19.0 Å². The Hall–Kier alpha value is -2.75. The zero-order chi connectivity index (χ0) is 22.2. The molecule has 0 spiro atoms. The average molecular weight is 463 g/mol. The molecule has 0 N–H and O–H groups in total. The summed E-state index contributed by atoms with van der Waals surface area (Å²) < 4.78 is 41.8. The van der Waals surface area contributed by atoms with Gasteiger partial charge in [-0.1, -0.05) is 35.9 Å². The van der Waals surface area contributed by atoms with E-state index in [1.54, 1.807) is 11.8 Å². The summed E-state index contributed by atoms with van der Waals surface area (Å²) in [4.78, 5) is 14.6. The van der Waals surface area contributed by atoms with Crippen LogP contribution in [0.5, 0.6) is 0 Å². The van der Waals surface area contributed by atoms with E-state index in [4.69, 9.17) is 11.6 Å². The van der Waals surface area contributed by atoms with Crippen molar-refractivity contribution >= 4 is 27.5 Å². The molecule has 0 atom stereocenters. The molecule has 0 radical (unpaired) electrons. The predicted octanol–water partition coefficient (Wildman–Crippen LogP) is 3.12. The van der Waals surface area contributed by atoms with Gasteiger partial charge in [0.05, 0.1) is 21.8 Å². The quantitative estimate of drug-likeness (QED) is 0.597. The van der Waals surface area contributed by atoms with Gasteiger partial charge in [0.1, 0.15) is 11.0 Å². The highest BCUT2D eigenvalue weighted by Gasteiger charge is 2.32. The number of hydrogen-bond acceptors (Lipinski definition) is 4. The summed E-state index contributed by atoms with van der Waals surface area (Å²) in [5.74, 6) is -0.914. The lowest BCUT2D eigenvalue weighted by atomic mass is 10.2. The normalized spacial score (nSPS) is 15.3. The Bertz CT molecular complexity index is 1220. The minimum absolute atomic E-state index is 0.102. The van der Waals surface area contributed by atoms with E-state index in [1.807, 2.05) is 30.3 Å². The van der Waals surface area contributed by atoms with Crippen LogP contribution in [0.4, 0.5) is 4.39 Å². The van der Waals surface area contributed by atoms with Gasteiger partial charge >= 0.3 is 0 Å². The second-order valence-electron chi connectivity index (χ2n) is 7.15. The van der Waals surface area contributed by atoms with E-state index in [1.165, 1.54) is 27.2 Å². The summed E-state index contributed by atoms with van der Waals surface area (Å²) in [7, 11) is -3.83. The van der Waals surface area contributed by atoms with Crippen molar-refractivity contribution in [3.8, 4) is 5.69 Å². The molecule has 0 aliphatic carbocycles. The minimum atomic E-state index is -3.83. The standard InChI is InChI=1S/C21H20ClFN4O3S/c1-15-19(20(22)27(24-15)17-7-3-2-4-8-17)21(28)25-10-12-26(13-11-25)31(29,30)18-9-5-6-16(23)14-18/h2-9,14H,10-13H2,1H3. The number of halogens is 2. The van der Waals surface area contributed by atoms with E-state index in [9.17, 15) is 17.6 Å². The van der Waals surface area contributed by atoms with Gasteiger partial charge in [-0.15, -0.1) is 0 Å². The van der Waals surface area contributed by atoms with Crippen LogP contribution in [0.25, 0.3) is 5.69 Å². The number of aryl methyl sites for hydroxylation is 1. The van der Waals surface area contributed by atoms with Gasteiger partial charge in [-0.2, -0.15) is 9.40 Å². The molecule has 0 unspecified atom stereocenters. The maximum Gasteiger partial charge on any atom is 0.259 e. The Labute approximate surface area is 184 Å². The summed E-state index contributed by atoms with van der Waals surface area (Å²) in [6.45, 7) is 2.31. The highest BCUT2D eigenvalue weighted by molar-refractivity contribution is 7.89. The number of piperazine rings is 1. The van der Waals surface area contributed by atoms with E-state index >= 15 is 0 Å². The Balaban J connectivity index is 1.51. The second kappa shape index (κ2) is 8.41. The van der Waals surface area contributed by atoms with E-state index in [0.29, 0.717) is 11.3 Å². The van der Waals surface area contributed by atoms with Crippen LogP contribution in [0.3, 0.4) is 0 Å². The van der Waals surface area contributed by atoms with Crippen molar-refractivity contribution in [2.75, 3.05) is 26.2 Å². The molecular weight excluding hydrogens is 443 g/mol. The van der Waals surface area contributed by atoms with Crippen LogP contribution >= 0.6 is 11.6 Å². The molecule has 0 bridgehead atoms. The molecule has 3 aromatic rings. The molecule has 1 amide bonds. The number of aromatic nitrogens is 2. The van der Waals surface area contributed by atoms with Crippen LogP contribution in [0.2, 0.25) is 5.15 Å². The van der Waals surface area contributed by atoms with E-state index in [-0.39, 0.29) is 42.1 Å². The first-order valence-electron chi connectivity index (χ1n) is 9.64. The van der Waals surface area contributed by atoms with E-state index in [2.05, 4.69) is 5.10 Å². The van der Waals surface area contributed by atoms with Gasteiger partial charge in [0.25, 0.3) is 5.91 Å². The molecule has 7 nitrogen and oxygen atoms in total. The van der Waals surface area contributed by atoms with Crippen molar-refractivity contribution in [1.29, 1.82) is 0 Å². The molecule has 2 aromatic carbocycles. The number of carbonyl (C=O) groups excluding carboxylic acids is 1. The number of nitrogens with zero attached hydrogens (tertiary/aromatic N) is 4. The third kappa shape index (κ3) is 4.08. The fourth-order valence-electron chi connectivity index (χ4n) is 3.55. The smallest absolute Gasteiger partial charge is 0.259 e. The van der Waals surface area contributed by atoms with Crippen LogP contribution in [0.1, 0.15) is 16.1 Å². The van der Waals surface area contributed by atoms with Gasteiger partial charge in [-0.25, -0.2) is 17.5 Å². The highest BCUT2D eigenvalue weighted by Crippen LogP contribution is 2.26. The molecule has 1 fully saturated rings. The molecular formula is C21H20ClFN4O3S. The van der Waals surface area contributed by atoms with Gasteiger partial charge in [0, 0.05) is 26.2 Å². The van der Waals surface area contributed by atoms with Gasteiger partial charge in [-0.3, -0.25) is 4.79 Å². The fraction of sp³-hybridized carbons (Fsp3) is 0.238. The zero-order valence-electron chi connectivity index (χ0n) is 16.7. The molecule has 2 heterocycles. The largest absolute Gasteiger partial charge is 0.336 e. The minimum Gasteiger partial charge on any atom is -0.336 e. The molecule has 1 aliphatic rings. The molecule has 1 aromatic heterocycles. The van der Waals surface area contributed by atoms with Crippen molar-refractivity contribution in [2.45, 2.75) is 11.8 Å². The molecule has 1 saturated heterocycles. The van der Waals surface area contributed by atoms with E-state index in [0.717, 1.165) is 11.8 Å². The topological polar surface area (TPSA) is 75.5 Å². The van der Waals surface area contributed by atoms with Gasteiger partial charge in [-0.05, 0) is 37.3 Å². The van der Waals surface area contributed by atoms with Crippen LogP contribution in [0, 0.1) is 12.7 Å². The third-order valence-corrected chi connectivity index (χ3v) is 7.42. The van der Waals surface area contributed by atoms with Gasteiger partial charge in [0.15, 0.2) is 0 Å². The lowest BCUT2D eigenvalue weighted by Crippen LogP contribution is -2.50. The molecule has 0 saturated carbocycles. The molecule has 31 heavy (non-hydrogen) atoms. The Morgan fingerprint density at radius 2 is 1.71 bits per heavy atom. The van der Waals surface area contributed by atoms with Crippen LogP contribution in [0.15, 0.2) is 59.5 Å². The molecule has 4 rings (SSSR count). The number of carbonyl (C=O) groups is 1. The second-order valence-corrected chi connectivity index (χ2v) is 9.45. The maximum atomic E-state index is 13.5. The first-order chi connectivity index (χ1) is 14.8. The number of benzene rings is 2. The first kappa shape index (κ1) is 21.5. The van der Waals surface area contributed by atoms with Gasteiger partial charge in [0.2, 0.25) is 10.0 Å². The Morgan fingerprint density at radius 1 is 1.03 bits per heavy atom. The van der Waals surface area contributed by atoms with Crippen molar-refractivity contribution in [2.24, 2.45) is 0 Å². The molecule has 1 aliphatic heterocycles. The zero-order valence-corrected chi connectivity index (χ0v) is 18.3. The monoisotopic (exact) mass is 462 g/mol. The lowest BCUT2D eigenvalue weighted by molar-refractivity contribution is 0.0697. The van der Waals surface area contributed by atoms with Crippen molar-refractivity contribution < 1.29 is 17.6 Å². The SMILES string of the molecule is Cc1nn(-c2ccccc2)c(Cl)c1C(=O)N1CCN(S(=O)(=O)c2cccc(F)c2)CC1. The third-order valence-electron chi connectivity index (χ3n) is 5.18. The summed E-state index contributed by atoms with van der Waals surface area (Å²) in [6.07, 6.45) is 0. The van der Waals surface area contributed by atoms with Crippen LogP contribution in [-0.2, 0) is 10.0 Å². The lowest BCUT2D eigenvalue weighted by Gasteiger charge is -2.34. The van der Waals surface area contributed by atoms with Crippen LogP contribution < -0.4 is 0 Å². The summed E-state index contributed by atoms with van der Waals surface area (Å²) >= 11 is 6.49. The number of rotatable bonds is 4. The maximum absolute atomic E-state index is 13.5. The Kier molecular flexibility index (Phi) is 5.83. The van der Waals surface area contributed by atoms with Crippen LogP contribution in [-0.4, -0.2) is 59.5 Å². The summed E-state index contributed by atoms with van der Waals surface area (Å²) in [5, 5.41) is 4.61. The average Bonchev–Trinajstić information content (AvgIpc) is 3.08. The van der Waals surface area contributed by atoms with E-state index < -0.39 is 15.8 Å². The molecule has 162 valence electrons. The van der Waals surface area contributed by atoms with Crippen molar-refractivity contribution in [3.05, 3.63) is 76.8 Å². The highest BCUT2D eigenvalue weighted by atomic mass is 35.5.